The summed E-state index contributed by atoms with van der Waals surface area (Å²) in [5.41, 5.74) is 0.894. The van der Waals surface area contributed by atoms with E-state index in [1.54, 1.807) is 16.7 Å². The summed E-state index contributed by atoms with van der Waals surface area (Å²) in [7, 11) is 0. The number of thioether (sulfide) groups is 1. The Balaban J connectivity index is 1.72. The molecule has 2 saturated heterocycles. The van der Waals surface area contributed by atoms with Crippen LogP contribution in [0.3, 0.4) is 0 Å². The summed E-state index contributed by atoms with van der Waals surface area (Å²) >= 11 is 1.65. The summed E-state index contributed by atoms with van der Waals surface area (Å²) in [4.78, 5) is 30.0. The molecule has 0 saturated carbocycles. The molecule has 1 unspecified atom stereocenters. The van der Waals surface area contributed by atoms with Gasteiger partial charge in [-0.25, -0.2) is 0 Å². The first-order chi connectivity index (χ1) is 11.1. The van der Waals surface area contributed by atoms with Crippen LogP contribution in [0, 0.1) is 5.92 Å². The topological polar surface area (TPSA) is 52.7 Å². The van der Waals surface area contributed by atoms with Crippen molar-refractivity contribution in [2.45, 2.75) is 24.3 Å². The molecule has 1 aromatic carbocycles. The minimum absolute atomic E-state index is 0.0457. The fraction of sp³-hybridized carbons (Fsp3) is 0.529. The summed E-state index contributed by atoms with van der Waals surface area (Å²) < 4.78 is 0. The molecule has 2 heterocycles. The molecule has 23 heavy (non-hydrogen) atoms. The van der Waals surface area contributed by atoms with E-state index in [9.17, 15) is 9.59 Å². The molecule has 0 bridgehead atoms. The lowest BCUT2D eigenvalue weighted by molar-refractivity contribution is -0.138. The Morgan fingerprint density at radius 3 is 2.96 bits per heavy atom. The quantitative estimate of drug-likeness (QED) is 0.854. The van der Waals surface area contributed by atoms with Crippen molar-refractivity contribution in [2.75, 3.05) is 37.3 Å². The second-order valence-electron chi connectivity index (χ2n) is 6.19. The summed E-state index contributed by atoms with van der Waals surface area (Å²) in [6, 6.07) is 8.14. The third kappa shape index (κ3) is 3.38. The van der Waals surface area contributed by atoms with Gasteiger partial charge in [-0.05, 0) is 31.4 Å². The molecule has 2 atom stereocenters. The number of rotatable bonds is 3. The Labute approximate surface area is 141 Å². The molecule has 0 aliphatic carbocycles. The summed E-state index contributed by atoms with van der Waals surface area (Å²) in [6.07, 6.45) is 2.34. The lowest BCUT2D eigenvalue weighted by atomic mass is 10.1. The Kier molecular flexibility index (Phi) is 4.92. The number of hydrogen-bond acceptors (Lipinski definition) is 4. The molecule has 1 aromatic rings. The molecule has 0 aromatic heterocycles. The standard InChI is InChI=1S/C17H23N3O2S/c1-12-10-18-6-7-19(12)17(22)13-8-16(21)20(11-13)14-4-3-5-15(9-14)23-2/h3-5,9,12-13,18H,6-8,10-11H2,1-2H3/t12-,13?/m0/s1. The molecule has 6 heteroatoms. The molecule has 1 N–H and O–H groups in total. The maximum absolute atomic E-state index is 12.8. The number of anilines is 1. The predicted octanol–water partition coefficient (Wildman–Crippen LogP) is 1.58. The van der Waals surface area contributed by atoms with Gasteiger partial charge in [0, 0.05) is 49.2 Å². The van der Waals surface area contributed by atoms with Crippen molar-refractivity contribution in [3.05, 3.63) is 24.3 Å². The van der Waals surface area contributed by atoms with Gasteiger partial charge < -0.3 is 15.1 Å². The van der Waals surface area contributed by atoms with Gasteiger partial charge in [0.05, 0.1) is 5.92 Å². The number of piperazine rings is 1. The highest BCUT2D eigenvalue weighted by Gasteiger charge is 2.38. The van der Waals surface area contributed by atoms with Crippen LogP contribution in [0.15, 0.2) is 29.2 Å². The maximum atomic E-state index is 12.8. The highest BCUT2D eigenvalue weighted by molar-refractivity contribution is 7.98. The van der Waals surface area contributed by atoms with Crippen LogP contribution in [0.1, 0.15) is 13.3 Å². The number of nitrogens with zero attached hydrogens (tertiary/aromatic N) is 2. The molecule has 0 spiro atoms. The lowest BCUT2D eigenvalue weighted by Gasteiger charge is -2.35. The van der Waals surface area contributed by atoms with E-state index in [2.05, 4.69) is 12.2 Å². The van der Waals surface area contributed by atoms with Crippen molar-refractivity contribution in [2.24, 2.45) is 5.92 Å². The van der Waals surface area contributed by atoms with Crippen molar-refractivity contribution in [3.63, 3.8) is 0 Å². The van der Waals surface area contributed by atoms with Crippen molar-refractivity contribution >= 4 is 29.3 Å². The zero-order valence-electron chi connectivity index (χ0n) is 13.6. The number of carbonyl (C=O) groups excluding carboxylic acids is 2. The fourth-order valence-electron chi connectivity index (χ4n) is 3.30. The van der Waals surface area contributed by atoms with Gasteiger partial charge in [-0.2, -0.15) is 0 Å². The molecular weight excluding hydrogens is 310 g/mol. The average molecular weight is 333 g/mol. The number of benzene rings is 1. The molecule has 2 amide bonds. The van der Waals surface area contributed by atoms with Crippen LogP contribution >= 0.6 is 11.8 Å². The zero-order valence-corrected chi connectivity index (χ0v) is 14.4. The highest BCUT2D eigenvalue weighted by atomic mass is 32.2. The van der Waals surface area contributed by atoms with Gasteiger partial charge in [0.1, 0.15) is 0 Å². The van der Waals surface area contributed by atoms with Crippen molar-refractivity contribution in [3.8, 4) is 0 Å². The molecule has 0 radical (unpaired) electrons. The first-order valence-electron chi connectivity index (χ1n) is 8.05. The van der Waals surface area contributed by atoms with E-state index in [0.29, 0.717) is 13.0 Å². The minimum Gasteiger partial charge on any atom is -0.337 e. The average Bonchev–Trinajstić information content (AvgIpc) is 2.96. The van der Waals surface area contributed by atoms with Gasteiger partial charge in [0.25, 0.3) is 0 Å². The number of nitrogens with one attached hydrogen (secondary N) is 1. The summed E-state index contributed by atoms with van der Waals surface area (Å²) in [5, 5.41) is 3.29. The smallest absolute Gasteiger partial charge is 0.228 e. The van der Waals surface area contributed by atoms with Gasteiger partial charge in [-0.1, -0.05) is 6.07 Å². The monoisotopic (exact) mass is 333 g/mol. The fourth-order valence-corrected chi connectivity index (χ4v) is 3.76. The molecule has 2 fully saturated rings. The van der Waals surface area contributed by atoms with E-state index in [0.717, 1.165) is 30.2 Å². The van der Waals surface area contributed by atoms with Crippen molar-refractivity contribution < 1.29 is 9.59 Å². The Morgan fingerprint density at radius 1 is 1.39 bits per heavy atom. The van der Waals surface area contributed by atoms with Crippen molar-refractivity contribution in [1.82, 2.24) is 10.2 Å². The van der Waals surface area contributed by atoms with E-state index in [1.807, 2.05) is 35.4 Å². The minimum atomic E-state index is -0.221. The highest BCUT2D eigenvalue weighted by Crippen LogP contribution is 2.29. The van der Waals surface area contributed by atoms with E-state index in [4.69, 9.17) is 0 Å². The van der Waals surface area contributed by atoms with Crippen LogP contribution in [0.4, 0.5) is 5.69 Å². The molecule has 5 nitrogen and oxygen atoms in total. The maximum Gasteiger partial charge on any atom is 0.228 e. The second-order valence-corrected chi connectivity index (χ2v) is 7.07. The first-order valence-corrected chi connectivity index (χ1v) is 9.28. The van der Waals surface area contributed by atoms with Gasteiger partial charge in [0.15, 0.2) is 0 Å². The Hall–Kier alpha value is -1.53. The number of carbonyl (C=O) groups is 2. The van der Waals surface area contributed by atoms with Crippen LogP contribution < -0.4 is 10.2 Å². The Bertz CT molecular complexity index is 607. The third-order valence-electron chi connectivity index (χ3n) is 4.62. The molecular formula is C17H23N3O2S. The van der Waals surface area contributed by atoms with Crippen LogP contribution in [-0.2, 0) is 9.59 Å². The normalized spacial score (nSPS) is 25.0. The molecule has 2 aliphatic rings. The van der Waals surface area contributed by atoms with Crippen LogP contribution in [0.5, 0.6) is 0 Å². The number of amides is 2. The third-order valence-corrected chi connectivity index (χ3v) is 5.35. The molecule has 124 valence electrons. The van der Waals surface area contributed by atoms with E-state index in [-0.39, 0.29) is 23.8 Å². The van der Waals surface area contributed by atoms with Crippen molar-refractivity contribution in [1.29, 1.82) is 0 Å². The van der Waals surface area contributed by atoms with E-state index in [1.165, 1.54) is 0 Å². The van der Waals surface area contributed by atoms with Crippen LogP contribution in [0.2, 0.25) is 0 Å². The predicted molar refractivity (Wildman–Crippen MR) is 92.7 cm³/mol. The van der Waals surface area contributed by atoms with E-state index >= 15 is 0 Å². The summed E-state index contributed by atoms with van der Waals surface area (Å²) in [6.45, 7) is 4.93. The first kappa shape index (κ1) is 16.3. The summed E-state index contributed by atoms with van der Waals surface area (Å²) in [5.74, 6) is -0.0544. The van der Waals surface area contributed by atoms with Gasteiger partial charge >= 0.3 is 0 Å². The molecule has 3 rings (SSSR count). The van der Waals surface area contributed by atoms with Crippen LogP contribution in [-0.4, -0.2) is 55.2 Å². The van der Waals surface area contributed by atoms with Gasteiger partial charge in [-0.3, -0.25) is 9.59 Å². The van der Waals surface area contributed by atoms with E-state index < -0.39 is 0 Å². The Morgan fingerprint density at radius 2 is 2.22 bits per heavy atom. The molecule has 2 aliphatic heterocycles. The second kappa shape index (κ2) is 6.93. The number of hydrogen-bond donors (Lipinski definition) is 1. The lowest BCUT2D eigenvalue weighted by Crippen LogP contribution is -2.54. The largest absolute Gasteiger partial charge is 0.337 e. The van der Waals surface area contributed by atoms with Gasteiger partial charge in [-0.15, -0.1) is 11.8 Å². The SMILES string of the molecule is CSc1cccc(N2CC(C(=O)N3CCNC[C@@H]3C)CC2=O)c1. The zero-order chi connectivity index (χ0) is 16.4. The van der Waals surface area contributed by atoms with Gasteiger partial charge in [0.2, 0.25) is 11.8 Å². The van der Waals surface area contributed by atoms with Crippen LogP contribution in [0.25, 0.3) is 0 Å².